The molecule has 27 heavy (non-hydrogen) atoms. The van der Waals surface area contributed by atoms with Crippen molar-refractivity contribution >= 4 is 34.5 Å². The lowest BCUT2D eigenvalue weighted by molar-refractivity contribution is -0.137. The number of ether oxygens (including phenoxy) is 1. The van der Waals surface area contributed by atoms with E-state index in [1.165, 1.54) is 0 Å². The molecule has 148 valence electrons. The normalized spacial score (nSPS) is 24.0. The first-order valence-electron chi connectivity index (χ1n) is 8.46. The highest BCUT2D eigenvalue weighted by Gasteiger charge is 2.36. The number of hydrogen-bond donors (Lipinski definition) is 1. The van der Waals surface area contributed by atoms with E-state index in [-0.39, 0.29) is 16.9 Å². The van der Waals surface area contributed by atoms with Gasteiger partial charge >= 0.3 is 5.97 Å². The van der Waals surface area contributed by atoms with Crippen LogP contribution in [0.5, 0.6) is 5.75 Å². The predicted octanol–water partition coefficient (Wildman–Crippen LogP) is 3.00. The second kappa shape index (κ2) is 8.29. The van der Waals surface area contributed by atoms with Gasteiger partial charge in [0.05, 0.1) is 11.0 Å². The zero-order valence-electron chi connectivity index (χ0n) is 14.2. The van der Waals surface area contributed by atoms with Crippen LogP contribution in [-0.2, 0) is 4.79 Å². The van der Waals surface area contributed by atoms with Crippen LogP contribution in [0.3, 0.4) is 0 Å². The van der Waals surface area contributed by atoms with E-state index in [9.17, 15) is 27.2 Å². The summed E-state index contributed by atoms with van der Waals surface area (Å²) in [5.41, 5.74) is -1.39. The molecule has 5 nitrogen and oxygen atoms in total. The van der Waals surface area contributed by atoms with Crippen molar-refractivity contribution in [1.29, 1.82) is 0 Å². The standard InChI is InChI=1S/C17H17F4IN2O3/c18-12-11(17(26)23-7-22)13(19)15(21)16(14(12)20)27-10(25)5-9-6-24-3-1-8(9)2-4-24/h8-9H,1-7H2,(H,23,26). The lowest BCUT2D eigenvalue weighted by Gasteiger charge is -2.44. The summed E-state index contributed by atoms with van der Waals surface area (Å²) in [5, 5.41) is 2.05. The Labute approximate surface area is 166 Å². The number of alkyl halides is 1. The molecule has 0 radical (unpaired) electrons. The molecule has 4 rings (SSSR count). The topological polar surface area (TPSA) is 58.6 Å². The summed E-state index contributed by atoms with van der Waals surface area (Å²) in [6.07, 6.45) is 1.77. The first kappa shape index (κ1) is 20.3. The molecule has 0 aliphatic carbocycles. The van der Waals surface area contributed by atoms with E-state index in [1.54, 1.807) is 22.6 Å². The van der Waals surface area contributed by atoms with Gasteiger partial charge in [-0.25, -0.2) is 8.78 Å². The highest BCUT2D eigenvalue weighted by molar-refractivity contribution is 14.1. The van der Waals surface area contributed by atoms with Gasteiger partial charge < -0.3 is 15.0 Å². The lowest BCUT2D eigenvalue weighted by atomic mass is 9.77. The number of halogens is 5. The number of piperidine rings is 3. The fraction of sp³-hybridized carbons (Fsp3) is 0.529. The summed E-state index contributed by atoms with van der Waals surface area (Å²) < 4.78 is 61.0. The second-order valence-corrected chi connectivity index (χ2v) is 7.44. The highest BCUT2D eigenvalue weighted by Crippen LogP contribution is 2.35. The van der Waals surface area contributed by atoms with Crippen molar-refractivity contribution in [2.45, 2.75) is 19.3 Å². The number of rotatable bonds is 5. The minimum Gasteiger partial charge on any atom is -0.420 e. The van der Waals surface area contributed by atoms with Crippen molar-refractivity contribution in [1.82, 2.24) is 10.2 Å². The molecular weight excluding hydrogens is 483 g/mol. The Morgan fingerprint density at radius 1 is 1.07 bits per heavy atom. The summed E-state index contributed by atoms with van der Waals surface area (Å²) in [6, 6.07) is 0. The number of esters is 1. The first-order chi connectivity index (χ1) is 12.8. The molecule has 0 spiro atoms. The molecule has 3 aliphatic rings. The van der Waals surface area contributed by atoms with Crippen molar-refractivity contribution in [3.8, 4) is 5.75 Å². The zero-order valence-corrected chi connectivity index (χ0v) is 16.3. The van der Waals surface area contributed by atoms with Crippen molar-refractivity contribution in [3.05, 3.63) is 28.8 Å². The summed E-state index contributed by atoms with van der Waals surface area (Å²) >= 11 is 1.69. The summed E-state index contributed by atoms with van der Waals surface area (Å²) in [4.78, 5) is 25.9. The van der Waals surface area contributed by atoms with Gasteiger partial charge in [0.1, 0.15) is 5.56 Å². The Kier molecular flexibility index (Phi) is 6.24. The lowest BCUT2D eigenvalue weighted by Crippen LogP contribution is -2.48. The third-order valence-electron chi connectivity index (χ3n) is 5.11. The van der Waals surface area contributed by atoms with Crippen molar-refractivity contribution in [2.24, 2.45) is 11.8 Å². The summed E-state index contributed by atoms with van der Waals surface area (Å²) in [7, 11) is 0. The van der Waals surface area contributed by atoms with Crippen LogP contribution in [0.15, 0.2) is 0 Å². The maximum Gasteiger partial charge on any atom is 0.311 e. The van der Waals surface area contributed by atoms with Crippen LogP contribution in [0.1, 0.15) is 29.6 Å². The minimum atomic E-state index is -1.91. The van der Waals surface area contributed by atoms with Gasteiger partial charge in [0.2, 0.25) is 17.4 Å². The molecule has 10 heteroatoms. The third kappa shape index (κ3) is 4.05. The van der Waals surface area contributed by atoms with Gasteiger partial charge in [-0.05, 0) is 37.8 Å². The zero-order chi connectivity index (χ0) is 19.7. The number of benzene rings is 1. The molecule has 1 unspecified atom stereocenters. The van der Waals surface area contributed by atoms with Gasteiger partial charge in [0.15, 0.2) is 11.6 Å². The van der Waals surface area contributed by atoms with E-state index in [0.717, 1.165) is 25.9 Å². The Balaban J connectivity index is 1.78. The minimum absolute atomic E-state index is 0.0188. The summed E-state index contributed by atoms with van der Waals surface area (Å²) in [6.45, 7) is 2.59. The molecule has 1 N–H and O–H groups in total. The molecule has 2 bridgehead atoms. The van der Waals surface area contributed by atoms with Gasteiger partial charge in [0.25, 0.3) is 5.91 Å². The number of carbonyl (C=O) groups excluding carboxylic acids is 2. The molecule has 0 aromatic heterocycles. The fourth-order valence-corrected chi connectivity index (χ4v) is 4.08. The molecule has 3 fully saturated rings. The van der Waals surface area contributed by atoms with Crippen LogP contribution < -0.4 is 10.1 Å². The van der Waals surface area contributed by atoms with Crippen LogP contribution in [0.25, 0.3) is 0 Å². The molecule has 3 saturated heterocycles. The van der Waals surface area contributed by atoms with Gasteiger partial charge in [-0.2, -0.15) is 8.78 Å². The number of nitrogens with zero attached hydrogens (tertiary/aromatic N) is 1. The van der Waals surface area contributed by atoms with E-state index in [0.29, 0.717) is 12.5 Å². The monoisotopic (exact) mass is 500 g/mol. The van der Waals surface area contributed by atoms with Gasteiger partial charge in [-0.3, -0.25) is 9.59 Å². The fourth-order valence-electron chi connectivity index (χ4n) is 3.74. The smallest absolute Gasteiger partial charge is 0.311 e. The Morgan fingerprint density at radius 2 is 1.67 bits per heavy atom. The second-order valence-electron chi connectivity index (χ2n) is 6.68. The van der Waals surface area contributed by atoms with Crippen LogP contribution in [0.2, 0.25) is 0 Å². The van der Waals surface area contributed by atoms with Crippen LogP contribution in [-0.4, -0.2) is 41.0 Å². The van der Waals surface area contributed by atoms with Crippen molar-refractivity contribution in [3.63, 3.8) is 0 Å². The SMILES string of the molecule is O=C(CC1CN2CCC1CC2)Oc1c(F)c(F)c(C(=O)NCI)c(F)c1F. The maximum absolute atomic E-state index is 14.1. The highest BCUT2D eigenvalue weighted by atomic mass is 127. The Morgan fingerprint density at radius 3 is 2.15 bits per heavy atom. The molecular formula is C17H17F4IN2O3. The molecule has 3 heterocycles. The molecule has 3 aliphatic heterocycles. The number of nitrogens with one attached hydrogen (secondary N) is 1. The van der Waals surface area contributed by atoms with Crippen LogP contribution in [0, 0.1) is 35.1 Å². The van der Waals surface area contributed by atoms with E-state index in [1.807, 2.05) is 5.32 Å². The van der Waals surface area contributed by atoms with Gasteiger partial charge in [0, 0.05) is 6.54 Å². The number of fused-ring (bicyclic) bond motifs is 3. The Bertz CT molecular complexity index is 740. The van der Waals surface area contributed by atoms with Crippen LogP contribution in [0.4, 0.5) is 17.6 Å². The average Bonchev–Trinajstić information content (AvgIpc) is 2.65. The third-order valence-corrected chi connectivity index (χ3v) is 5.50. The van der Waals surface area contributed by atoms with Crippen molar-refractivity contribution < 1.29 is 31.9 Å². The molecule has 1 aromatic rings. The van der Waals surface area contributed by atoms with Gasteiger partial charge in [-0.15, -0.1) is 0 Å². The number of hydrogen-bond acceptors (Lipinski definition) is 4. The average molecular weight is 500 g/mol. The Hall–Kier alpha value is -1.43. The number of amides is 1. The molecule has 1 aromatic carbocycles. The first-order valence-corrected chi connectivity index (χ1v) is 9.99. The molecule has 1 atom stereocenters. The molecule has 1 amide bonds. The van der Waals surface area contributed by atoms with Crippen LogP contribution >= 0.6 is 22.6 Å². The van der Waals surface area contributed by atoms with E-state index >= 15 is 0 Å². The quantitative estimate of drug-likeness (QED) is 0.129. The van der Waals surface area contributed by atoms with Crippen molar-refractivity contribution in [2.75, 3.05) is 24.2 Å². The molecule has 0 saturated carbocycles. The largest absolute Gasteiger partial charge is 0.420 e. The van der Waals surface area contributed by atoms with E-state index in [2.05, 4.69) is 9.64 Å². The van der Waals surface area contributed by atoms with Gasteiger partial charge in [-0.1, -0.05) is 22.6 Å². The predicted molar refractivity (Wildman–Crippen MR) is 95.5 cm³/mol. The van der Waals surface area contributed by atoms with E-state index < -0.39 is 46.5 Å². The maximum atomic E-state index is 14.1. The number of carbonyl (C=O) groups is 2. The van der Waals surface area contributed by atoms with E-state index in [4.69, 9.17) is 0 Å². The summed E-state index contributed by atoms with van der Waals surface area (Å²) in [5.74, 6) is -11.0.